The third kappa shape index (κ3) is 7.80. The van der Waals surface area contributed by atoms with Gasteiger partial charge in [-0.1, -0.05) is 163 Å². The lowest BCUT2D eigenvalue weighted by atomic mass is 9.33. The molecule has 7 aromatic carbocycles. The highest BCUT2D eigenvalue weighted by Gasteiger charge is 2.48. The summed E-state index contributed by atoms with van der Waals surface area (Å²) in [4.78, 5) is 7.84. The van der Waals surface area contributed by atoms with E-state index in [1.807, 2.05) is 0 Å². The first kappa shape index (κ1) is 47.7. The summed E-state index contributed by atoms with van der Waals surface area (Å²) in [6, 6.07) is 49.8. The van der Waals surface area contributed by atoms with E-state index in [2.05, 4.69) is 260 Å². The topological polar surface area (TPSA) is 9.72 Å². The summed E-state index contributed by atoms with van der Waals surface area (Å²) >= 11 is 0. The van der Waals surface area contributed by atoms with Crippen LogP contribution in [0.1, 0.15) is 153 Å². The van der Waals surface area contributed by atoms with Gasteiger partial charge < -0.3 is 14.7 Å². The van der Waals surface area contributed by atoms with Gasteiger partial charge in [-0.2, -0.15) is 0 Å². The molecule has 0 radical (unpaired) electrons. The van der Waals surface area contributed by atoms with Crippen molar-refractivity contribution in [1.29, 1.82) is 0 Å². The molecule has 0 aromatic heterocycles. The summed E-state index contributed by atoms with van der Waals surface area (Å²) in [5.74, 6) is 0. The second-order valence-corrected chi connectivity index (χ2v) is 25.7. The lowest BCUT2D eigenvalue weighted by Crippen LogP contribution is -2.62. The van der Waals surface area contributed by atoms with Crippen molar-refractivity contribution in [2.75, 3.05) is 14.7 Å². The van der Waals surface area contributed by atoms with Crippen LogP contribution in [-0.4, -0.2) is 6.71 Å². The van der Waals surface area contributed by atoms with E-state index in [-0.39, 0.29) is 33.8 Å². The Hall–Kier alpha value is -6.00. The Bertz CT molecular complexity index is 3160. The van der Waals surface area contributed by atoms with E-state index >= 15 is 0 Å². The molecule has 2 aliphatic heterocycles. The molecule has 10 rings (SSSR count). The molecule has 4 heteroatoms. The number of benzene rings is 7. The molecule has 0 amide bonds. The minimum atomic E-state index is -0.132. The largest absolute Gasteiger partial charge is 0.311 e. The maximum absolute atomic E-state index is 2.70. The van der Waals surface area contributed by atoms with Gasteiger partial charge in [-0.05, 0) is 189 Å². The summed E-state index contributed by atoms with van der Waals surface area (Å²) < 4.78 is 0. The molecule has 3 aliphatic rings. The molecule has 0 N–H and O–H groups in total. The molecule has 0 spiro atoms. The number of fused-ring (bicyclic) bond motifs is 5. The molecule has 2 heterocycles. The van der Waals surface area contributed by atoms with Gasteiger partial charge in [0.2, 0.25) is 0 Å². The van der Waals surface area contributed by atoms with Gasteiger partial charge in [-0.3, -0.25) is 0 Å². The SMILES string of the molecule is Cc1cc(C(C)(C)C)cc(C)c1N1c2cc(N(c3ccccc3)c3ccc(C(C)(C)C)cc3)ccc2B2c3cc4c(cc3N(c3c(C)cccc3C)c3cc(C(C)(C)C)cc1c32)C(C)(C)CCC4(C)C. The molecule has 70 heavy (non-hydrogen) atoms. The molecular weight excluding hydrogens is 846 g/mol. The zero-order valence-electron chi connectivity index (χ0n) is 45.5. The maximum Gasteiger partial charge on any atom is 0.252 e. The molecular formula is C66H76BN3. The molecule has 3 nitrogen and oxygen atoms in total. The number of hydrogen-bond donors (Lipinski definition) is 0. The molecule has 7 aromatic rings. The van der Waals surface area contributed by atoms with Gasteiger partial charge >= 0.3 is 0 Å². The van der Waals surface area contributed by atoms with Crippen molar-refractivity contribution in [3.8, 4) is 0 Å². The number of anilines is 9. The van der Waals surface area contributed by atoms with Crippen LogP contribution in [0.3, 0.4) is 0 Å². The monoisotopic (exact) mass is 922 g/mol. The van der Waals surface area contributed by atoms with Crippen molar-refractivity contribution >= 4 is 74.3 Å². The fourth-order valence-electron chi connectivity index (χ4n) is 12.1. The minimum Gasteiger partial charge on any atom is -0.311 e. The first-order valence-electron chi connectivity index (χ1n) is 26.0. The van der Waals surface area contributed by atoms with E-state index in [1.165, 1.54) is 101 Å². The Morgan fingerprint density at radius 1 is 0.414 bits per heavy atom. The van der Waals surface area contributed by atoms with Crippen molar-refractivity contribution in [2.45, 2.75) is 158 Å². The first-order chi connectivity index (χ1) is 32.8. The fourth-order valence-corrected chi connectivity index (χ4v) is 12.1. The lowest BCUT2D eigenvalue weighted by Gasteiger charge is -2.48. The quantitative estimate of drug-likeness (QED) is 0.159. The summed E-state index contributed by atoms with van der Waals surface area (Å²) in [6.45, 7) is 40.3. The smallest absolute Gasteiger partial charge is 0.252 e. The van der Waals surface area contributed by atoms with Crippen molar-refractivity contribution < 1.29 is 0 Å². The Balaban J connectivity index is 1.35. The third-order valence-corrected chi connectivity index (χ3v) is 16.4. The van der Waals surface area contributed by atoms with E-state index in [9.17, 15) is 0 Å². The van der Waals surface area contributed by atoms with Crippen LogP contribution in [0.25, 0.3) is 0 Å². The van der Waals surface area contributed by atoms with Crippen LogP contribution < -0.4 is 31.1 Å². The average Bonchev–Trinajstić information content (AvgIpc) is 3.28. The Morgan fingerprint density at radius 3 is 1.40 bits per heavy atom. The Morgan fingerprint density at radius 2 is 0.871 bits per heavy atom. The van der Waals surface area contributed by atoms with Crippen LogP contribution in [0.15, 0.2) is 127 Å². The van der Waals surface area contributed by atoms with Gasteiger partial charge in [-0.15, -0.1) is 0 Å². The fraction of sp³-hybridized carbons (Fsp3) is 0.364. The highest BCUT2D eigenvalue weighted by molar-refractivity contribution is 7.00. The van der Waals surface area contributed by atoms with Gasteiger partial charge in [0, 0.05) is 39.8 Å². The normalized spacial score (nSPS) is 15.8. The summed E-state index contributed by atoms with van der Waals surface area (Å²) in [6.07, 6.45) is 2.33. The van der Waals surface area contributed by atoms with E-state index in [0.717, 1.165) is 29.9 Å². The van der Waals surface area contributed by atoms with E-state index in [4.69, 9.17) is 0 Å². The van der Waals surface area contributed by atoms with E-state index < -0.39 is 0 Å². The van der Waals surface area contributed by atoms with Crippen molar-refractivity contribution in [3.63, 3.8) is 0 Å². The average molecular weight is 922 g/mol. The number of aryl methyl sites for hydroxylation is 4. The van der Waals surface area contributed by atoms with E-state index in [0.29, 0.717) is 0 Å². The third-order valence-electron chi connectivity index (χ3n) is 16.4. The van der Waals surface area contributed by atoms with Crippen LogP contribution >= 0.6 is 0 Å². The van der Waals surface area contributed by atoms with Crippen LogP contribution in [-0.2, 0) is 27.1 Å². The summed E-state index contributed by atoms with van der Waals surface area (Å²) in [5.41, 5.74) is 27.3. The van der Waals surface area contributed by atoms with Crippen molar-refractivity contribution in [1.82, 2.24) is 0 Å². The second-order valence-electron chi connectivity index (χ2n) is 25.7. The number of nitrogens with zero attached hydrogens (tertiary/aromatic N) is 3. The zero-order chi connectivity index (χ0) is 50.2. The molecule has 358 valence electrons. The standard InChI is InChI=1S/C66H76BN3/c1-41-22-21-23-42(2)60(41)70-56-40-52-51(65(14,15)32-33-66(52,16)17)39-54(56)67-53-31-30-50(68(48-24-19-18-20-25-48)49-28-26-45(27-29-49)62(5,6)7)38-55(53)69(57-36-47(64(11,12)13)37-58(70)59(57)67)61-43(3)34-46(35-44(61)4)63(8,9)10/h18-31,34-40H,32-33H2,1-17H3. The molecule has 0 fully saturated rings. The molecule has 0 unspecified atom stereocenters. The van der Waals surface area contributed by atoms with E-state index in [1.54, 1.807) is 0 Å². The van der Waals surface area contributed by atoms with Gasteiger partial charge in [0.1, 0.15) is 0 Å². The van der Waals surface area contributed by atoms with Crippen LogP contribution in [0.5, 0.6) is 0 Å². The molecule has 0 bridgehead atoms. The predicted octanol–water partition coefficient (Wildman–Crippen LogP) is 16.7. The van der Waals surface area contributed by atoms with Crippen LogP contribution in [0.2, 0.25) is 0 Å². The second kappa shape index (κ2) is 16.3. The van der Waals surface area contributed by atoms with Crippen LogP contribution in [0.4, 0.5) is 51.2 Å². The van der Waals surface area contributed by atoms with Gasteiger partial charge in [-0.25, -0.2) is 0 Å². The number of rotatable bonds is 5. The van der Waals surface area contributed by atoms with Gasteiger partial charge in [0.05, 0.1) is 11.4 Å². The van der Waals surface area contributed by atoms with Crippen molar-refractivity contribution in [3.05, 3.63) is 177 Å². The van der Waals surface area contributed by atoms with Crippen LogP contribution in [0, 0.1) is 27.7 Å². The molecule has 0 saturated carbocycles. The van der Waals surface area contributed by atoms with Gasteiger partial charge in [0.15, 0.2) is 0 Å². The summed E-state index contributed by atoms with van der Waals surface area (Å²) in [7, 11) is 0. The first-order valence-corrected chi connectivity index (χ1v) is 26.0. The Kier molecular flexibility index (Phi) is 11.1. The minimum absolute atomic E-state index is 0.00720. The zero-order valence-corrected chi connectivity index (χ0v) is 45.5. The highest BCUT2D eigenvalue weighted by Crippen LogP contribution is 2.53. The Labute approximate surface area is 422 Å². The molecule has 1 aliphatic carbocycles. The maximum atomic E-state index is 2.70. The number of para-hydroxylation sites is 2. The number of hydrogen-bond acceptors (Lipinski definition) is 3. The summed E-state index contributed by atoms with van der Waals surface area (Å²) in [5, 5.41) is 0. The highest BCUT2D eigenvalue weighted by atomic mass is 15.2. The lowest BCUT2D eigenvalue weighted by molar-refractivity contribution is 0.332. The van der Waals surface area contributed by atoms with Crippen molar-refractivity contribution in [2.24, 2.45) is 0 Å². The van der Waals surface area contributed by atoms with Gasteiger partial charge in [0.25, 0.3) is 6.71 Å². The molecule has 0 saturated heterocycles. The predicted molar refractivity (Wildman–Crippen MR) is 305 cm³/mol. The molecule has 0 atom stereocenters.